The second-order valence-corrected chi connectivity index (χ2v) is 9.78. The summed E-state index contributed by atoms with van der Waals surface area (Å²) in [5, 5.41) is 13.6. The van der Waals surface area contributed by atoms with Gasteiger partial charge in [-0.25, -0.2) is 0 Å². The van der Waals surface area contributed by atoms with Crippen LogP contribution in [0.1, 0.15) is 72.1 Å². The molecule has 0 radical (unpaired) electrons. The molecule has 0 aromatic carbocycles. The van der Waals surface area contributed by atoms with E-state index in [1.54, 1.807) is 0 Å². The fraction of sp³-hybridized carbons (Fsp3) is 0.952. The number of hydrogen-bond acceptors (Lipinski definition) is 2. The molecule has 23 heavy (non-hydrogen) atoms. The van der Waals surface area contributed by atoms with Crippen molar-refractivity contribution in [3.05, 3.63) is 0 Å². The van der Waals surface area contributed by atoms with Crippen molar-refractivity contribution in [3.63, 3.8) is 0 Å². The Bertz CT molecular complexity index is 508. The summed E-state index contributed by atoms with van der Waals surface area (Å²) >= 11 is 0. The smallest absolute Gasteiger partial charge is 0.0661 e. The molecule has 2 nitrogen and oxygen atoms in total. The van der Waals surface area contributed by atoms with Crippen LogP contribution >= 0.6 is 0 Å². The molecule has 0 spiro atoms. The van der Waals surface area contributed by atoms with Gasteiger partial charge in [-0.05, 0) is 86.0 Å². The van der Waals surface area contributed by atoms with Gasteiger partial charge in [-0.2, -0.15) is 5.26 Å². The average Bonchev–Trinajstić information content (AvgIpc) is 2.75. The van der Waals surface area contributed by atoms with Crippen LogP contribution in [-0.4, -0.2) is 12.6 Å². The van der Waals surface area contributed by atoms with Crippen molar-refractivity contribution in [2.24, 2.45) is 40.4 Å². The summed E-state index contributed by atoms with van der Waals surface area (Å²) in [7, 11) is 0. The summed E-state index contributed by atoms with van der Waals surface area (Å²) in [6.07, 6.45) is 10.7. The van der Waals surface area contributed by atoms with E-state index in [-0.39, 0.29) is 0 Å². The van der Waals surface area contributed by atoms with Gasteiger partial charge in [0.1, 0.15) is 0 Å². The summed E-state index contributed by atoms with van der Waals surface area (Å²) in [6.45, 7) is 8.82. The Morgan fingerprint density at radius 1 is 1.00 bits per heavy atom. The van der Waals surface area contributed by atoms with Crippen LogP contribution in [0.4, 0.5) is 0 Å². The van der Waals surface area contributed by atoms with E-state index in [1.165, 1.54) is 51.5 Å². The molecule has 3 aliphatic carbocycles. The van der Waals surface area contributed by atoms with Gasteiger partial charge >= 0.3 is 0 Å². The minimum atomic E-state index is 0.311. The van der Waals surface area contributed by atoms with Crippen LogP contribution in [0.3, 0.4) is 0 Å². The molecule has 1 aliphatic heterocycles. The van der Waals surface area contributed by atoms with Crippen molar-refractivity contribution in [1.29, 1.82) is 5.26 Å². The van der Waals surface area contributed by atoms with Crippen molar-refractivity contribution in [3.8, 4) is 6.07 Å². The highest BCUT2D eigenvalue weighted by Crippen LogP contribution is 2.66. The van der Waals surface area contributed by atoms with Crippen LogP contribution in [0.25, 0.3) is 0 Å². The Labute approximate surface area is 142 Å². The molecule has 0 aromatic heterocycles. The number of hydrogen-bond donors (Lipinski definition) is 1. The highest BCUT2D eigenvalue weighted by atomic mass is 15.0. The third-order valence-electron chi connectivity index (χ3n) is 8.93. The van der Waals surface area contributed by atoms with Crippen LogP contribution in [0.15, 0.2) is 0 Å². The topological polar surface area (TPSA) is 35.8 Å². The molecule has 0 amide bonds. The lowest BCUT2D eigenvalue weighted by atomic mass is 9.45. The van der Waals surface area contributed by atoms with Gasteiger partial charge in [-0.3, -0.25) is 0 Å². The van der Waals surface area contributed by atoms with E-state index in [2.05, 4.69) is 32.2 Å². The van der Waals surface area contributed by atoms with Crippen molar-refractivity contribution in [1.82, 2.24) is 5.32 Å². The van der Waals surface area contributed by atoms with Gasteiger partial charge in [0, 0.05) is 6.04 Å². The number of nitriles is 1. The van der Waals surface area contributed by atoms with Gasteiger partial charge in [0.2, 0.25) is 0 Å². The first-order valence-electron chi connectivity index (χ1n) is 10.1. The van der Waals surface area contributed by atoms with E-state index in [9.17, 15) is 5.26 Å². The number of nitrogens with one attached hydrogen (secondary N) is 1. The van der Waals surface area contributed by atoms with E-state index in [0.717, 1.165) is 36.1 Å². The molecule has 2 heteroatoms. The Morgan fingerprint density at radius 2 is 1.78 bits per heavy atom. The summed E-state index contributed by atoms with van der Waals surface area (Å²) in [5.41, 5.74) is 0.811. The maximum atomic E-state index is 9.65. The minimum absolute atomic E-state index is 0.311. The highest BCUT2D eigenvalue weighted by Gasteiger charge is 2.61. The zero-order valence-electron chi connectivity index (χ0n) is 15.3. The summed E-state index contributed by atoms with van der Waals surface area (Å²) in [5.74, 6) is 3.71. The van der Waals surface area contributed by atoms with Gasteiger partial charge in [-0.15, -0.1) is 0 Å². The SMILES string of the molecule is CC1CC2NCCCCC2(C)C2CCC3(C)C(C#N)CCC3C12. The predicted octanol–water partition coefficient (Wildman–Crippen LogP) is 4.76. The molecule has 8 unspecified atom stereocenters. The van der Waals surface area contributed by atoms with Gasteiger partial charge in [0.15, 0.2) is 0 Å². The normalized spacial score (nSPS) is 55.9. The molecule has 0 aromatic rings. The third kappa shape index (κ3) is 2.15. The molecule has 1 heterocycles. The number of nitrogens with zero attached hydrogens (tertiary/aromatic N) is 1. The molecule has 128 valence electrons. The second-order valence-electron chi connectivity index (χ2n) is 9.78. The number of rotatable bonds is 0. The fourth-order valence-corrected chi connectivity index (χ4v) is 7.61. The Hall–Kier alpha value is -0.550. The standard InChI is InChI=1S/C21H34N2/c1-14-12-18-21(3,9-4-5-11-23-18)17-8-10-20(2)15(13-22)6-7-16(20)19(14)17/h14-19,23H,4-12H2,1-3H3. The Morgan fingerprint density at radius 3 is 2.57 bits per heavy atom. The molecule has 0 bridgehead atoms. The largest absolute Gasteiger partial charge is 0.313 e. The van der Waals surface area contributed by atoms with E-state index in [0.29, 0.717) is 16.7 Å². The quantitative estimate of drug-likeness (QED) is 0.700. The lowest BCUT2D eigenvalue weighted by Crippen LogP contribution is -2.59. The number of fused-ring (bicyclic) bond motifs is 5. The van der Waals surface area contributed by atoms with E-state index in [4.69, 9.17) is 0 Å². The van der Waals surface area contributed by atoms with Gasteiger partial charge < -0.3 is 5.32 Å². The first-order valence-corrected chi connectivity index (χ1v) is 10.1. The van der Waals surface area contributed by atoms with E-state index >= 15 is 0 Å². The molecule has 1 N–H and O–H groups in total. The van der Waals surface area contributed by atoms with Crippen LogP contribution in [0.5, 0.6) is 0 Å². The Balaban J connectivity index is 1.69. The van der Waals surface area contributed by atoms with Crippen molar-refractivity contribution >= 4 is 0 Å². The molecule has 1 saturated heterocycles. The maximum Gasteiger partial charge on any atom is 0.0661 e. The monoisotopic (exact) mass is 314 g/mol. The lowest BCUT2D eigenvalue weighted by molar-refractivity contribution is -0.104. The van der Waals surface area contributed by atoms with Crippen molar-refractivity contribution in [2.45, 2.75) is 78.2 Å². The summed E-state index contributed by atoms with van der Waals surface area (Å²) < 4.78 is 0. The zero-order valence-corrected chi connectivity index (χ0v) is 15.3. The predicted molar refractivity (Wildman–Crippen MR) is 93.7 cm³/mol. The molecule has 4 fully saturated rings. The second kappa shape index (κ2) is 5.48. The first-order chi connectivity index (χ1) is 11.0. The highest BCUT2D eigenvalue weighted by molar-refractivity contribution is 5.14. The summed E-state index contributed by atoms with van der Waals surface area (Å²) in [6, 6.07) is 3.41. The van der Waals surface area contributed by atoms with Crippen molar-refractivity contribution in [2.75, 3.05) is 6.54 Å². The lowest BCUT2D eigenvalue weighted by Gasteiger charge is -2.60. The molecular formula is C21H34N2. The summed E-state index contributed by atoms with van der Waals surface area (Å²) in [4.78, 5) is 0. The molecular weight excluding hydrogens is 280 g/mol. The van der Waals surface area contributed by atoms with E-state index in [1.807, 2.05) is 0 Å². The molecule has 3 saturated carbocycles. The Kier molecular flexibility index (Phi) is 3.80. The van der Waals surface area contributed by atoms with Crippen LogP contribution in [-0.2, 0) is 0 Å². The van der Waals surface area contributed by atoms with Crippen molar-refractivity contribution < 1.29 is 0 Å². The van der Waals surface area contributed by atoms with Crippen LogP contribution in [0.2, 0.25) is 0 Å². The maximum absolute atomic E-state index is 9.65. The molecule has 4 rings (SSSR count). The van der Waals surface area contributed by atoms with Gasteiger partial charge in [-0.1, -0.05) is 27.2 Å². The van der Waals surface area contributed by atoms with Gasteiger partial charge in [0.25, 0.3) is 0 Å². The zero-order chi connectivity index (χ0) is 16.2. The van der Waals surface area contributed by atoms with E-state index < -0.39 is 0 Å². The first kappa shape index (κ1) is 15.9. The fourth-order valence-electron chi connectivity index (χ4n) is 7.61. The van der Waals surface area contributed by atoms with Crippen LogP contribution < -0.4 is 5.32 Å². The minimum Gasteiger partial charge on any atom is -0.313 e. The third-order valence-corrected chi connectivity index (χ3v) is 8.93. The van der Waals surface area contributed by atoms with Crippen LogP contribution in [0, 0.1) is 51.8 Å². The van der Waals surface area contributed by atoms with Gasteiger partial charge in [0.05, 0.1) is 12.0 Å². The average molecular weight is 315 g/mol. The molecule has 4 aliphatic rings. The molecule has 8 atom stereocenters.